The van der Waals surface area contributed by atoms with Crippen LogP contribution in [0, 0.1) is 5.92 Å². The van der Waals surface area contributed by atoms with Crippen LogP contribution in [0.1, 0.15) is 50.7 Å². The normalized spacial score (nSPS) is 15.2. The zero-order valence-corrected chi connectivity index (χ0v) is 16.9. The molecule has 0 aliphatic heterocycles. The summed E-state index contributed by atoms with van der Waals surface area (Å²) in [5.41, 5.74) is 8.83. The zero-order chi connectivity index (χ0) is 18.5. The van der Waals surface area contributed by atoms with Gasteiger partial charge in [-0.1, -0.05) is 68.0 Å². The number of likely N-dealkylation sites (N-methyl/N-ethyl adjacent to an activating group) is 1. The van der Waals surface area contributed by atoms with Crippen LogP contribution in [0.15, 0.2) is 54.1 Å². The zero-order valence-electron chi connectivity index (χ0n) is 16.9. The molecule has 26 heavy (non-hydrogen) atoms. The molecule has 0 bridgehead atoms. The van der Waals surface area contributed by atoms with Crippen molar-refractivity contribution in [1.82, 2.24) is 4.90 Å². The molecule has 0 unspecified atom stereocenters. The maximum atomic E-state index is 2.33. The number of benzene rings is 2. The average Bonchev–Trinajstić information content (AvgIpc) is 2.62. The van der Waals surface area contributed by atoms with Crippen LogP contribution in [-0.2, 0) is 6.42 Å². The minimum atomic E-state index is 0.703. The van der Waals surface area contributed by atoms with E-state index in [1.54, 1.807) is 11.1 Å². The smallest absolute Gasteiger partial charge is 0.0192 e. The second-order valence-electron chi connectivity index (χ2n) is 8.37. The van der Waals surface area contributed by atoms with E-state index in [1.807, 2.05) is 0 Å². The van der Waals surface area contributed by atoms with Crippen LogP contribution in [0.25, 0.3) is 16.7 Å². The molecule has 0 saturated heterocycles. The summed E-state index contributed by atoms with van der Waals surface area (Å²) in [4.78, 5) is 2.31. The van der Waals surface area contributed by atoms with Crippen molar-refractivity contribution in [2.24, 2.45) is 5.92 Å². The summed E-state index contributed by atoms with van der Waals surface area (Å²) in [5.74, 6) is 0.703. The second kappa shape index (κ2) is 8.68. The summed E-state index contributed by atoms with van der Waals surface area (Å²) in [6.07, 6.45) is 6.26. The Balaban J connectivity index is 1.99. The molecule has 1 heteroatoms. The van der Waals surface area contributed by atoms with Crippen molar-refractivity contribution in [3.8, 4) is 11.1 Å². The molecule has 0 saturated carbocycles. The fraction of sp³-hybridized carbons (Fsp3) is 0.440. The van der Waals surface area contributed by atoms with Crippen LogP contribution in [-0.4, -0.2) is 25.5 Å². The topological polar surface area (TPSA) is 3.24 Å². The molecule has 1 aliphatic rings. The Morgan fingerprint density at radius 3 is 2.15 bits per heavy atom. The first-order valence-electron chi connectivity index (χ1n) is 10.1. The van der Waals surface area contributed by atoms with E-state index >= 15 is 0 Å². The summed E-state index contributed by atoms with van der Waals surface area (Å²) in [6.45, 7) is 5.65. The number of hydrogen-bond acceptors (Lipinski definition) is 1. The fourth-order valence-corrected chi connectivity index (χ4v) is 4.14. The minimum absolute atomic E-state index is 0.703. The lowest BCUT2D eigenvalue weighted by Crippen LogP contribution is -2.18. The first kappa shape index (κ1) is 18.9. The highest BCUT2D eigenvalue weighted by Gasteiger charge is 2.17. The highest BCUT2D eigenvalue weighted by molar-refractivity contribution is 5.83. The van der Waals surface area contributed by atoms with Crippen molar-refractivity contribution in [2.45, 2.75) is 46.0 Å². The summed E-state index contributed by atoms with van der Waals surface area (Å²) in [7, 11) is 4.36. The van der Waals surface area contributed by atoms with Gasteiger partial charge in [-0.05, 0) is 79.9 Å². The van der Waals surface area contributed by atoms with Gasteiger partial charge < -0.3 is 4.90 Å². The summed E-state index contributed by atoms with van der Waals surface area (Å²) < 4.78 is 0. The molecular formula is C25H33N. The van der Waals surface area contributed by atoms with E-state index in [0.717, 1.165) is 13.0 Å². The third-order valence-corrected chi connectivity index (χ3v) is 5.25. The van der Waals surface area contributed by atoms with E-state index in [2.05, 4.69) is 81.4 Å². The van der Waals surface area contributed by atoms with Crippen molar-refractivity contribution in [3.63, 3.8) is 0 Å². The molecular weight excluding hydrogens is 314 g/mol. The van der Waals surface area contributed by atoms with Gasteiger partial charge in [0.05, 0.1) is 0 Å². The Hall–Kier alpha value is -1.86. The van der Waals surface area contributed by atoms with Crippen LogP contribution in [0.4, 0.5) is 0 Å². The van der Waals surface area contributed by atoms with E-state index in [4.69, 9.17) is 0 Å². The van der Waals surface area contributed by atoms with Gasteiger partial charge >= 0.3 is 0 Å². The van der Waals surface area contributed by atoms with Gasteiger partial charge in [0.25, 0.3) is 0 Å². The fourth-order valence-electron chi connectivity index (χ4n) is 4.14. The molecule has 1 aliphatic carbocycles. The minimum Gasteiger partial charge on any atom is -0.305 e. The molecule has 0 aromatic heterocycles. The Bertz CT molecular complexity index is 750. The van der Waals surface area contributed by atoms with Crippen LogP contribution in [0.2, 0.25) is 0 Å². The second-order valence-corrected chi connectivity index (χ2v) is 8.37. The maximum absolute atomic E-state index is 2.33. The van der Waals surface area contributed by atoms with Gasteiger partial charge in [-0.15, -0.1) is 0 Å². The molecule has 0 spiro atoms. The maximum Gasteiger partial charge on any atom is 0.0192 e. The predicted octanol–water partition coefficient (Wildman–Crippen LogP) is 6.44. The lowest BCUT2D eigenvalue weighted by atomic mass is 9.83. The number of allylic oxidation sites excluding steroid dienone is 1. The monoisotopic (exact) mass is 347 g/mol. The Kier molecular flexibility index (Phi) is 6.32. The lowest BCUT2D eigenvalue weighted by molar-refractivity contribution is 0.434. The molecule has 0 heterocycles. The third kappa shape index (κ3) is 4.65. The van der Waals surface area contributed by atoms with Crippen molar-refractivity contribution in [1.29, 1.82) is 0 Å². The van der Waals surface area contributed by atoms with Gasteiger partial charge in [0.2, 0.25) is 0 Å². The molecule has 1 nitrogen and oxygen atoms in total. The van der Waals surface area contributed by atoms with Crippen LogP contribution >= 0.6 is 0 Å². The van der Waals surface area contributed by atoms with Crippen LogP contribution < -0.4 is 0 Å². The number of hydrogen-bond donors (Lipinski definition) is 0. The largest absolute Gasteiger partial charge is 0.305 e. The van der Waals surface area contributed by atoms with E-state index in [9.17, 15) is 0 Å². The highest BCUT2D eigenvalue weighted by Crippen LogP contribution is 2.37. The first-order chi connectivity index (χ1) is 12.5. The molecule has 0 atom stereocenters. The average molecular weight is 348 g/mol. The van der Waals surface area contributed by atoms with Crippen LogP contribution in [0.5, 0.6) is 0 Å². The molecule has 2 aromatic carbocycles. The SMILES string of the molecule is CC(C)Cc1ccc(-c2ccccc2C2=C(CN(C)C)CCCC2)cc1. The Labute approximate surface area is 159 Å². The molecule has 138 valence electrons. The van der Waals surface area contributed by atoms with E-state index in [0.29, 0.717) is 5.92 Å². The molecule has 3 rings (SSSR count). The van der Waals surface area contributed by atoms with Gasteiger partial charge in [0.15, 0.2) is 0 Å². The number of rotatable bonds is 6. The van der Waals surface area contributed by atoms with Crippen molar-refractivity contribution < 1.29 is 0 Å². The summed E-state index contributed by atoms with van der Waals surface area (Å²) in [5, 5.41) is 0. The van der Waals surface area contributed by atoms with E-state index < -0.39 is 0 Å². The Morgan fingerprint density at radius 1 is 0.846 bits per heavy atom. The molecule has 0 radical (unpaired) electrons. The van der Waals surface area contributed by atoms with Crippen molar-refractivity contribution >= 4 is 5.57 Å². The van der Waals surface area contributed by atoms with Gasteiger partial charge in [-0.25, -0.2) is 0 Å². The Morgan fingerprint density at radius 2 is 1.50 bits per heavy atom. The highest BCUT2D eigenvalue weighted by atomic mass is 15.0. The van der Waals surface area contributed by atoms with Crippen LogP contribution in [0.3, 0.4) is 0 Å². The molecule has 0 N–H and O–H groups in total. The lowest BCUT2D eigenvalue weighted by Gasteiger charge is -2.25. The molecule has 2 aromatic rings. The molecule has 0 amide bonds. The number of nitrogens with zero attached hydrogens (tertiary/aromatic N) is 1. The van der Waals surface area contributed by atoms with Crippen molar-refractivity contribution in [2.75, 3.05) is 20.6 Å². The standard InChI is InChI=1S/C25H33N/c1-19(2)17-20-13-15-21(16-14-20)23-10-7-8-12-25(23)24-11-6-5-9-22(24)18-26(3)4/h7-8,10,12-16,19H,5-6,9,11,17-18H2,1-4H3. The van der Waals surface area contributed by atoms with Crippen molar-refractivity contribution in [3.05, 3.63) is 65.2 Å². The van der Waals surface area contributed by atoms with E-state index in [1.165, 1.54) is 47.9 Å². The first-order valence-corrected chi connectivity index (χ1v) is 10.1. The van der Waals surface area contributed by atoms with E-state index in [-0.39, 0.29) is 0 Å². The van der Waals surface area contributed by atoms with Gasteiger partial charge in [-0.2, -0.15) is 0 Å². The quantitative estimate of drug-likeness (QED) is 0.581. The van der Waals surface area contributed by atoms with Gasteiger partial charge in [-0.3, -0.25) is 0 Å². The summed E-state index contributed by atoms with van der Waals surface area (Å²) >= 11 is 0. The third-order valence-electron chi connectivity index (χ3n) is 5.25. The van der Waals surface area contributed by atoms with Gasteiger partial charge in [0, 0.05) is 6.54 Å². The summed E-state index contributed by atoms with van der Waals surface area (Å²) in [6, 6.07) is 18.2. The van der Waals surface area contributed by atoms with Gasteiger partial charge in [0.1, 0.15) is 0 Å². The molecule has 0 fully saturated rings. The predicted molar refractivity (Wildman–Crippen MR) is 114 cm³/mol.